The highest BCUT2D eigenvalue weighted by Crippen LogP contribution is 2.20. The molecule has 0 aliphatic carbocycles. The summed E-state index contributed by atoms with van der Waals surface area (Å²) < 4.78 is 13.5. The van der Waals surface area contributed by atoms with Gasteiger partial charge in [-0.1, -0.05) is 12.1 Å². The number of aromatic nitrogens is 4. The first-order chi connectivity index (χ1) is 18.9. The lowest BCUT2D eigenvalue weighted by atomic mass is 10.0. The van der Waals surface area contributed by atoms with E-state index in [9.17, 15) is 14.7 Å². The Morgan fingerprint density at radius 1 is 1.31 bits per heavy atom. The lowest BCUT2D eigenvalue weighted by molar-refractivity contribution is -0.136. The number of morpholine rings is 1. The summed E-state index contributed by atoms with van der Waals surface area (Å²) in [6, 6.07) is 3.02. The molecule has 4 rings (SSSR count). The molecular formula is C26H40N8O5. The van der Waals surface area contributed by atoms with Gasteiger partial charge in [0.25, 0.3) is 0 Å². The molecule has 0 bridgehead atoms. The lowest BCUT2D eigenvalue weighted by Crippen LogP contribution is -2.48. The van der Waals surface area contributed by atoms with Crippen LogP contribution in [-0.4, -0.2) is 112 Å². The standard InChI is InChI=1S/C26H40N8O5/c1-19-15-33(20(2)17-35)25(36)5-4-8-34-22(14-28-30-34)18-39-23(19)16-31(3)26(37)29-21-6-7-27-24(13-21)32-9-11-38-12-10-32/h6-7,13-14,19-20,23,35H,4-5,8-12,15-18H2,1-3H3,(H,27,29,37)/t19-,20+,23-/m1/s1. The van der Waals surface area contributed by atoms with E-state index in [-0.39, 0.29) is 43.2 Å². The Labute approximate surface area is 229 Å². The lowest BCUT2D eigenvalue weighted by Gasteiger charge is -2.35. The summed E-state index contributed by atoms with van der Waals surface area (Å²) in [7, 11) is 1.72. The van der Waals surface area contributed by atoms with Gasteiger partial charge in [0, 0.05) is 70.1 Å². The number of nitrogens with zero attached hydrogens (tertiary/aromatic N) is 7. The van der Waals surface area contributed by atoms with E-state index in [0.717, 1.165) is 24.6 Å². The number of likely N-dealkylation sites (N-methyl/N-ethyl adjacent to an activating group) is 1. The second-order valence-electron chi connectivity index (χ2n) is 10.3. The van der Waals surface area contributed by atoms with Crippen LogP contribution in [0.5, 0.6) is 0 Å². The average Bonchev–Trinajstić information content (AvgIpc) is 3.40. The highest BCUT2D eigenvalue weighted by Gasteiger charge is 2.29. The zero-order valence-corrected chi connectivity index (χ0v) is 23.0. The number of anilines is 2. The van der Waals surface area contributed by atoms with Crippen molar-refractivity contribution in [2.45, 2.75) is 52.0 Å². The highest BCUT2D eigenvalue weighted by atomic mass is 16.5. The van der Waals surface area contributed by atoms with Crippen molar-refractivity contribution in [1.29, 1.82) is 0 Å². The van der Waals surface area contributed by atoms with Gasteiger partial charge in [-0.2, -0.15) is 0 Å². The molecule has 1 fully saturated rings. The molecule has 0 radical (unpaired) electrons. The number of urea groups is 1. The minimum Gasteiger partial charge on any atom is -0.394 e. The smallest absolute Gasteiger partial charge is 0.321 e. The van der Waals surface area contributed by atoms with Crippen LogP contribution in [0.4, 0.5) is 16.3 Å². The van der Waals surface area contributed by atoms with Gasteiger partial charge in [-0.15, -0.1) is 5.10 Å². The first-order valence-corrected chi connectivity index (χ1v) is 13.6. The fourth-order valence-corrected chi connectivity index (χ4v) is 4.78. The molecule has 2 aromatic heterocycles. The van der Waals surface area contributed by atoms with E-state index in [2.05, 4.69) is 25.5 Å². The van der Waals surface area contributed by atoms with Crippen LogP contribution < -0.4 is 10.2 Å². The van der Waals surface area contributed by atoms with Crippen molar-refractivity contribution >= 4 is 23.4 Å². The van der Waals surface area contributed by atoms with Gasteiger partial charge in [0.2, 0.25) is 5.91 Å². The van der Waals surface area contributed by atoms with Crippen molar-refractivity contribution in [3.63, 3.8) is 0 Å². The molecule has 13 heteroatoms. The van der Waals surface area contributed by atoms with Gasteiger partial charge in [0.1, 0.15) is 5.82 Å². The van der Waals surface area contributed by atoms with Crippen molar-refractivity contribution in [2.75, 3.05) is 63.3 Å². The number of aliphatic hydroxyl groups is 1. The molecule has 3 atom stereocenters. The normalized spacial score (nSPS) is 21.9. The second kappa shape index (κ2) is 13.7. The van der Waals surface area contributed by atoms with Crippen molar-refractivity contribution in [2.24, 2.45) is 5.92 Å². The number of rotatable bonds is 6. The summed E-state index contributed by atoms with van der Waals surface area (Å²) in [5.41, 5.74) is 1.47. The quantitative estimate of drug-likeness (QED) is 0.549. The third-order valence-electron chi connectivity index (χ3n) is 7.27. The zero-order chi connectivity index (χ0) is 27.8. The Kier molecular flexibility index (Phi) is 10.1. The van der Waals surface area contributed by atoms with Gasteiger partial charge in [-0.25, -0.2) is 14.5 Å². The molecule has 3 amide bonds. The first-order valence-electron chi connectivity index (χ1n) is 13.6. The van der Waals surface area contributed by atoms with Gasteiger partial charge in [0.05, 0.1) is 50.5 Å². The number of ether oxygens (including phenoxy) is 2. The van der Waals surface area contributed by atoms with Crippen molar-refractivity contribution in [1.82, 2.24) is 29.8 Å². The van der Waals surface area contributed by atoms with E-state index >= 15 is 0 Å². The van der Waals surface area contributed by atoms with E-state index in [0.29, 0.717) is 51.4 Å². The molecule has 13 nitrogen and oxygen atoms in total. The summed E-state index contributed by atoms with van der Waals surface area (Å²) in [5, 5.41) is 20.9. The topological polar surface area (TPSA) is 138 Å². The number of aryl methyl sites for hydroxylation is 1. The summed E-state index contributed by atoms with van der Waals surface area (Å²) in [4.78, 5) is 36.1. The van der Waals surface area contributed by atoms with Gasteiger partial charge in [-0.3, -0.25) is 4.79 Å². The van der Waals surface area contributed by atoms with E-state index in [1.807, 2.05) is 19.9 Å². The molecule has 1 saturated heterocycles. The van der Waals surface area contributed by atoms with Crippen LogP contribution in [0.25, 0.3) is 0 Å². The van der Waals surface area contributed by atoms with Crippen LogP contribution in [0, 0.1) is 5.92 Å². The van der Waals surface area contributed by atoms with Gasteiger partial charge >= 0.3 is 6.03 Å². The number of fused-ring (bicyclic) bond motifs is 1. The molecule has 0 saturated carbocycles. The molecule has 2 aliphatic heterocycles. The fraction of sp³-hybridized carbons (Fsp3) is 0.654. The molecule has 2 N–H and O–H groups in total. The van der Waals surface area contributed by atoms with Crippen LogP contribution >= 0.6 is 0 Å². The second-order valence-corrected chi connectivity index (χ2v) is 10.3. The fourth-order valence-electron chi connectivity index (χ4n) is 4.78. The van der Waals surface area contributed by atoms with Gasteiger partial charge in [0.15, 0.2) is 0 Å². The molecule has 214 valence electrons. The van der Waals surface area contributed by atoms with Gasteiger partial charge in [-0.05, 0) is 19.4 Å². The molecule has 39 heavy (non-hydrogen) atoms. The predicted octanol–water partition coefficient (Wildman–Crippen LogP) is 1.20. The monoisotopic (exact) mass is 544 g/mol. The van der Waals surface area contributed by atoms with E-state index in [1.165, 1.54) is 0 Å². The Morgan fingerprint density at radius 2 is 2.10 bits per heavy atom. The number of amides is 3. The van der Waals surface area contributed by atoms with Crippen LogP contribution in [0.1, 0.15) is 32.4 Å². The summed E-state index contributed by atoms with van der Waals surface area (Å²) >= 11 is 0. The van der Waals surface area contributed by atoms with Crippen LogP contribution in [0.15, 0.2) is 24.5 Å². The van der Waals surface area contributed by atoms with Crippen molar-refractivity contribution < 1.29 is 24.2 Å². The molecular weight excluding hydrogens is 504 g/mol. The number of hydrogen-bond acceptors (Lipinski definition) is 9. The summed E-state index contributed by atoms with van der Waals surface area (Å²) in [6.07, 6.45) is 3.94. The molecule has 0 unspecified atom stereocenters. The number of aliphatic hydroxyl groups excluding tert-OH is 1. The van der Waals surface area contributed by atoms with E-state index < -0.39 is 0 Å². The molecule has 0 aromatic carbocycles. The Hall–Kier alpha value is -3.29. The maximum absolute atomic E-state index is 13.2. The van der Waals surface area contributed by atoms with Crippen LogP contribution in [0.3, 0.4) is 0 Å². The molecule has 2 aliphatic rings. The number of carbonyl (C=O) groups is 2. The third kappa shape index (κ3) is 7.64. The maximum Gasteiger partial charge on any atom is 0.321 e. The maximum atomic E-state index is 13.2. The Bertz CT molecular complexity index is 1090. The minimum absolute atomic E-state index is 0.0238. The number of pyridine rings is 1. The third-order valence-corrected chi connectivity index (χ3v) is 7.27. The van der Waals surface area contributed by atoms with Crippen molar-refractivity contribution in [3.8, 4) is 0 Å². The SMILES string of the molecule is C[C@@H]1CN([C@@H](C)CO)C(=O)CCCn2nncc2CO[C@@H]1CN(C)C(=O)Nc1ccnc(N2CCOCC2)c1. The first kappa shape index (κ1) is 28.7. The molecule has 4 heterocycles. The number of carbonyl (C=O) groups excluding carboxylic acids is 2. The van der Waals surface area contributed by atoms with Gasteiger partial charge < -0.3 is 34.6 Å². The molecule has 0 spiro atoms. The highest BCUT2D eigenvalue weighted by molar-refractivity contribution is 5.89. The average molecular weight is 545 g/mol. The van der Waals surface area contributed by atoms with E-state index in [4.69, 9.17) is 9.47 Å². The molecule has 2 aromatic rings. The largest absolute Gasteiger partial charge is 0.394 e. The number of nitrogens with one attached hydrogen (secondary N) is 1. The summed E-state index contributed by atoms with van der Waals surface area (Å²) in [6.45, 7) is 8.06. The van der Waals surface area contributed by atoms with E-state index in [1.54, 1.807) is 40.0 Å². The minimum atomic E-state index is -0.383. The van der Waals surface area contributed by atoms with Crippen molar-refractivity contribution in [3.05, 3.63) is 30.2 Å². The van der Waals surface area contributed by atoms with Crippen LogP contribution in [0.2, 0.25) is 0 Å². The number of hydrogen-bond donors (Lipinski definition) is 2. The Morgan fingerprint density at radius 3 is 2.87 bits per heavy atom. The predicted molar refractivity (Wildman–Crippen MR) is 144 cm³/mol. The zero-order valence-electron chi connectivity index (χ0n) is 23.0. The van der Waals surface area contributed by atoms with Crippen LogP contribution in [-0.2, 0) is 27.4 Å². The summed E-state index contributed by atoms with van der Waals surface area (Å²) in [5.74, 6) is 0.656. The Balaban J connectivity index is 1.45.